The van der Waals surface area contributed by atoms with Crippen LogP contribution in [-0.2, 0) is 16.4 Å². The van der Waals surface area contributed by atoms with E-state index in [0.717, 1.165) is 5.69 Å². The summed E-state index contributed by atoms with van der Waals surface area (Å²) in [5, 5.41) is 0. The van der Waals surface area contributed by atoms with Gasteiger partial charge in [-0.05, 0) is 6.42 Å². The van der Waals surface area contributed by atoms with E-state index in [1.165, 1.54) is 0 Å². The molecule has 14 heavy (non-hydrogen) atoms. The quantitative estimate of drug-likeness (QED) is 0.734. The zero-order chi connectivity index (χ0) is 10.2. The Bertz CT molecular complexity index is 424. The molecule has 6 heteroatoms. The minimum Gasteiger partial charge on any atom is -0.329 e. The first kappa shape index (κ1) is 9.67. The maximum absolute atomic E-state index is 11.3. The first-order valence-corrected chi connectivity index (χ1v) is 6.36. The Morgan fingerprint density at radius 1 is 1.64 bits per heavy atom. The van der Waals surface area contributed by atoms with Crippen LogP contribution in [0, 0.1) is 0 Å². The van der Waals surface area contributed by atoms with Crippen LogP contribution in [0.15, 0.2) is 12.5 Å². The number of rotatable bonds is 2. The van der Waals surface area contributed by atoms with Gasteiger partial charge in [0.1, 0.15) is 0 Å². The van der Waals surface area contributed by atoms with Crippen LogP contribution in [-0.4, -0.2) is 29.5 Å². The molecule has 0 radical (unpaired) electrons. The van der Waals surface area contributed by atoms with Crippen molar-refractivity contribution in [1.82, 2.24) is 9.55 Å². The molecule has 1 aliphatic heterocycles. The Hall–Kier alpha value is -0.880. The van der Waals surface area contributed by atoms with Crippen LogP contribution >= 0.6 is 0 Å². The molecule has 2 rings (SSSR count). The summed E-state index contributed by atoms with van der Waals surface area (Å²) in [4.78, 5) is 3.97. The number of aromatic nitrogens is 2. The summed E-state index contributed by atoms with van der Waals surface area (Å²) in [7, 11) is -2.84. The Morgan fingerprint density at radius 3 is 3.00 bits per heavy atom. The third-order valence-electron chi connectivity index (χ3n) is 2.56. The molecule has 1 aliphatic rings. The monoisotopic (exact) mass is 215 g/mol. The molecule has 1 aromatic heterocycles. The molecule has 2 heterocycles. The third kappa shape index (κ3) is 1.67. The van der Waals surface area contributed by atoms with Crippen molar-refractivity contribution in [3.05, 3.63) is 18.2 Å². The van der Waals surface area contributed by atoms with E-state index in [2.05, 4.69) is 4.98 Å². The highest BCUT2D eigenvalue weighted by molar-refractivity contribution is 7.91. The number of sulfone groups is 1. The van der Waals surface area contributed by atoms with E-state index in [0.29, 0.717) is 13.0 Å². The third-order valence-corrected chi connectivity index (χ3v) is 4.31. The summed E-state index contributed by atoms with van der Waals surface area (Å²) in [6, 6.07) is 0.0287. The lowest BCUT2D eigenvalue weighted by Crippen LogP contribution is -2.14. The van der Waals surface area contributed by atoms with Crippen LogP contribution in [0.3, 0.4) is 0 Å². The molecule has 0 aliphatic carbocycles. The molecule has 2 N–H and O–H groups in total. The second kappa shape index (κ2) is 3.36. The number of imidazole rings is 1. The highest BCUT2D eigenvalue weighted by atomic mass is 32.2. The van der Waals surface area contributed by atoms with Crippen LogP contribution in [0.4, 0.5) is 0 Å². The topological polar surface area (TPSA) is 78.0 Å². The molecule has 1 saturated heterocycles. The Morgan fingerprint density at radius 2 is 2.43 bits per heavy atom. The van der Waals surface area contributed by atoms with Crippen LogP contribution in [0.25, 0.3) is 0 Å². The number of nitrogens with zero attached hydrogens (tertiary/aromatic N) is 2. The van der Waals surface area contributed by atoms with Gasteiger partial charge in [0.25, 0.3) is 0 Å². The van der Waals surface area contributed by atoms with Crippen LogP contribution < -0.4 is 5.73 Å². The molecule has 1 unspecified atom stereocenters. The highest BCUT2D eigenvalue weighted by Crippen LogP contribution is 2.24. The second-order valence-electron chi connectivity index (χ2n) is 3.55. The lowest BCUT2D eigenvalue weighted by Gasteiger charge is -2.12. The van der Waals surface area contributed by atoms with Gasteiger partial charge in [-0.25, -0.2) is 13.4 Å². The fourth-order valence-electron chi connectivity index (χ4n) is 1.81. The predicted octanol–water partition coefficient (Wildman–Crippen LogP) is -0.299. The number of hydrogen-bond acceptors (Lipinski definition) is 4. The van der Waals surface area contributed by atoms with Gasteiger partial charge in [0, 0.05) is 18.8 Å². The summed E-state index contributed by atoms with van der Waals surface area (Å²) in [5.41, 5.74) is 6.42. The van der Waals surface area contributed by atoms with Crippen LogP contribution in [0.2, 0.25) is 0 Å². The zero-order valence-corrected chi connectivity index (χ0v) is 8.57. The molecule has 1 atom stereocenters. The molecule has 1 aromatic rings. The second-order valence-corrected chi connectivity index (χ2v) is 5.78. The molecule has 1 fully saturated rings. The minimum atomic E-state index is -2.84. The molecular weight excluding hydrogens is 202 g/mol. The predicted molar refractivity (Wildman–Crippen MR) is 52.4 cm³/mol. The Kier molecular flexibility index (Phi) is 2.32. The average molecular weight is 215 g/mol. The van der Waals surface area contributed by atoms with Crippen molar-refractivity contribution in [3.63, 3.8) is 0 Å². The van der Waals surface area contributed by atoms with Crippen molar-refractivity contribution < 1.29 is 8.42 Å². The van der Waals surface area contributed by atoms with Gasteiger partial charge in [-0.1, -0.05) is 0 Å². The van der Waals surface area contributed by atoms with Crippen LogP contribution in [0.5, 0.6) is 0 Å². The molecule has 0 aromatic carbocycles. The van der Waals surface area contributed by atoms with Gasteiger partial charge in [-0.15, -0.1) is 0 Å². The summed E-state index contributed by atoms with van der Waals surface area (Å²) in [6.45, 7) is 0.399. The fourth-order valence-corrected chi connectivity index (χ4v) is 3.53. The Labute approximate surface area is 82.9 Å². The maximum atomic E-state index is 11.3. The molecule has 0 amide bonds. The normalized spacial score (nSPS) is 25.4. The van der Waals surface area contributed by atoms with Gasteiger partial charge in [-0.2, -0.15) is 0 Å². The van der Waals surface area contributed by atoms with Crippen molar-refractivity contribution >= 4 is 9.84 Å². The maximum Gasteiger partial charge on any atom is 0.152 e. The Balaban J connectivity index is 2.25. The largest absolute Gasteiger partial charge is 0.329 e. The molecule has 0 saturated carbocycles. The summed E-state index contributed by atoms with van der Waals surface area (Å²) in [5.74, 6) is 0.496. The van der Waals surface area contributed by atoms with E-state index in [-0.39, 0.29) is 17.5 Å². The van der Waals surface area contributed by atoms with E-state index in [1.807, 2.05) is 4.57 Å². The SMILES string of the molecule is NCc1cncn1C1CCS(=O)(=O)C1. The lowest BCUT2D eigenvalue weighted by molar-refractivity contribution is 0.536. The van der Waals surface area contributed by atoms with E-state index >= 15 is 0 Å². The summed E-state index contributed by atoms with van der Waals surface area (Å²) >= 11 is 0. The van der Waals surface area contributed by atoms with Gasteiger partial charge < -0.3 is 10.3 Å². The molecular formula is C8H13N3O2S. The summed E-state index contributed by atoms with van der Waals surface area (Å²) < 4.78 is 24.4. The summed E-state index contributed by atoms with van der Waals surface area (Å²) in [6.07, 6.45) is 4.02. The van der Waals surface area contributed by atoms with Crippen molar-refractivity contribution in [2.24, 2.45) is 5.73 Å². The van der Waals surface area contributed by atoms with Gasteiger partial charge in [0.15, 0.2) is 9.84 Å². The molecule has 5 nitrogen and oxygen atoms in total. The van der Waals surface area contributed by atoms with E-state index in [9.17, 15) is 8.42 Å². The molecule has 78 valence electrons. The van der Waals surface area contributed by atoms with E-state index in [4.69, 9.17) is 5.73 Å². The number of hydrogen-bond donors (Lipinski definition) is 1. The zero-order valence-electron chi connectivity index (χ0n) is 7.76. The smallest absolute Gasteiger partial charge is 0.152 e. The number of nitrogens with two attached hydrogens (primary N) is 1. The minimum absolute atomic E-state index is 0.0287. The standard InChI is InChI=1S/C8H13N3O2S/c9-3-8-4-10-6-11(8)7-1-2-14(12,13)5-7/h4,6-7H,1-3,5,9H2. The molecule has 0 bridgehead atoms. The van der Waals surface area contributed by atoms with Crippen molar-refractivity contribution in [1.29, 1.82) is 0 Å². The van der Waals surface area contributed by atoms with Crippen LogP contribution in [0.1, 0.15) is 18.2 Å². The van der Waals surface area contributed by atoms with Gasteiger partial charge in [0.2, 0.25) is 0 Å². The van der Waals surface area contributed by atoms with Crippen molar-refractivity contribution in [2.75, 3.05) is 11.5 Å². The fraction of sp³-hybridized carbons (Fsp3) is 0.625. The first-order valence-electron chi connectivity index (χ1n) is 4.53. The lowest BCUT2D eigenvalue weighted by atomic mass is 10.2. The molecule has 0 spiro atoms. The van der Waals surface area contributed by atoms with Gasteiger partial charge in [-0.3, -0.25) is 0 Å². The first-order chi connectivity index (χ1) is 6.62. The average Bonchev–Trinajstić information content (AvgIpc) is 2.70. The van der Waals surface area contributed by atoms with Crippen molar-refractivity contribution in [3.8, 4) is 0 Å². The van der Waals surface area contributed by atoms with Crippen molar-refractivity contribution in [2.45, 2.75) is 19.0 Å². The highest BCUT2D eigenvalue weighted by Gasteiger charge is 2.29. The van der Waals surface area contributed by atoms with Gasteiger partial charge >= 0.3 is 0 Å². The van der Waals surface area contributed by atoms with E-state index in [1.54, 1.807) is 12.5 Å². The van der Waals surface area contributed by atoms with Gasteiger partial charge in [0.05, 0.1) is 23.5 Å². The van der Waals surface area contributed by atoms with E-state index < -0.39 is 9.84 Å².